The number of imidazole rings is 1. The number of hydrogen-bond acceptors (Lipinski definition) is 5. The van der Waals surface area contributed by atoms with Crippen LogP contribution >= 0.6 is 0 Å². The van der Waals surface area contributed by atoms with Crippen LogP contribution in [0.4, 0.5) is 0 Å². The van der Waals surface area contributed by atoms with Crippen LogP contribution in [0.5, 0.6) is 0 Å². The molecule has 0 fully saturated rings. The lowest BCUT2D eigenvalue weighted by molar-refractivity contribution is 0.180. The number of unbranched alkanes of at least 4 members (excludes halogenated alkanes) is 1. The Bertz CT molecular complexity index is 963. The summed E-state index contributed by atoms with van der Waals surface area (Å²) in [5, 5.41) is 9.33. The van der Waals surface area contributed by atoms with E-state index < -0.39 is 5.69 Å². The van der Waals surface area contributed by atoms with Crippen molar-refractivity contribution in [2.75, 3.05) is 0 Å². The van der Waals surface area contributed by atoms with Gasteiger partial charge in [0, 0.05) is 6.54 Å². The first-order chi connectivity index (χ1) is 12.0. The van der Waals surface area contributed by atoms with Crippen LogP contribution in [0.2, 0.25) is 0 Å². The van der Waals surface area contributed by atoms with Gasteiger partial charge in [0.15, 0.2) is 5.65 Å². The maximum Gasteiger partial charge on any atom is 0.333 e. The first-order valence-electron chi connectivity index (χ1n) is 8.37. The molecule has 8 heteroatoms. The zero-order valence-electron chi connectivity index (χ0n) is 14.4. The summed E-state index contributed by atoms with van der Waals surface area (Å²) in [6.45, 7) is 3.98. The Morgan fingerprint density at radius 1 is 1.32 bits per heavy atom. The monoisotopic (exact) mass is 346 g/mol. The predicted octanol–water partition coefficient (Wildman–Crippen LogP) is 1.39. The van der Waals surface area contributed by atoms with Crippen molar-refractivity contribution in [3.05, 3.63) is 50.8 Å². The summed E-state index contributed by atoms with van der Waals surface area (Å²) < 4.78 is 8.01. The number of rotatable bonds is 7. The lowest BCUT2D eigenvalue weighted by Crippen LogP contribution is -2.40. The number of nitrogens with one attached hydrogen (secondary N) is 1. The third-order valence-electron chi connectivity index (χ3n) is 4.13. The Labute approximate surface area is 143 Å². The number of H-pyrrole nitrogens is 1. The third-order valence-corrected chi connectivity index (χ3v) is 4.13. The Morgan fingerprint density at radius 3 is 2.80 bits per heavy atom. The van der Waals surface area contributed by atoms with Crippen molar-refractivity contribution in [3.8, 4) is 0 Å². The van der Waals surface area contributed by atoms with E-state index in [4.69, 9.17) is 4.42 Å². The molecule has 8 nitrogen and oxygen atoms in total. The zero-order valence-corrected chi connectivity index (χ0v) is 14.4. The van der Waals surface area contributed by atoms with Gasteiger partial charge in [-0.15, -0.1) is 0 Å². The van der Waals surface area contributed by atoms with E-state index in [2.05, 4.69) is 9.97 Å². The van der Waals surface area contributed by atoms with Gasteiger partial charge in [0.25, 0.3) is 5.56 Å². The fourth-order valence-electron chi connectivity index (χ4n) is 2.89. The van der Waals surface area contributed by atoms with Crippen LogP contribution in [0.25, 0.3) is 11.2 Å². The summed E-state index contributed by atoms with van der Waals surface area (Å²) in [6, 6.07) is 3.52. The highest BCUT2D eigenvalue weighted by Gasteiger charge is 2.17. The highest BCUT2D eigenvalue weighted by atomic mass is 16.3. The van der Waals surface area contributed by atoms with Crippen LogP contribution in [0.15, 0.2) is 32.4 Å². The van der Waals surface area contributed by atoms with E-state index in [1.54, 1.807) is 32.2 Å². The Morgan fingerprint density at radius 2 is 2.12 bits per heavy atom. The molecule has 3 rings (SSSR count). The third kappa shape index (κ3) is 3.58. The molecular weight excluding hydrogens is 324 g/mol. The number of hydrogen-bond donors (Lipinski definition) is 2. The second-order valence-electron chi connectivity index (χ2n) is 6.27. The Hall–Kier alpha value is -2.61. The van der Waals surface area contributed by atoms with Crippen LogP contribution in [-0.4, -0.2) is 30.3 Å². The minimum atomic E-state index is -0.405. The summed E-state index contributed by atoms with van der Waals surface area (Å²) in [5.41, 5.74) is -0.117. The molecular formula is C17H22N4O4. The average Bonchev–Trinajstić information content (AvgIpc) is 3.19. The van der Waals surface area contributed by atoms with Crippen molar-refractivity contribution >= 4 is 11.2 Å². The highest BCUT2D eigenvalue weighted by molar-refractivity contribution is 5.69. The van der Waals surface area contributed by atoms with E-state index in [0.717, 1.165) is 6.42 Å². The molecule has 0 amide bonds. The van der Waals surface area contributed by atoms with Gasteiger partial charge >= 0.3 is 5.69 Å². The number of furan rings is 1. The molecule has 0 unspecified atom stereocenters. The molecule has 0 bridgehead atoms. The van der Waals surface area contributed by atoms with E-state index in [9.17, 15) is 14.7 Å². The number of nitrogens with zero attached hydrogens (tertiary/aromatic N) is 3. The lowest BCUT2D eigenvalue weighted by Gasteiger charge is -2.10. The molecule has 0 saturated carbocycles. The predicted molar refractivity (Wildman–Crippen MR) is 92.7 cm³/mol. The van der Waals surface area contributed by atoms with Crippen molar-refractivity contribution < 1.29 is 9.52 Å². The molecule has 2 N–H and O–H groups in total. The molecule has 3 aromatic rings. The van der Waals surface area contributed by atoms with Crippen LogP contribution in [0, 0.1) is 6.92 Å². The number of aliphatic hydroxyl groups excluding tert-OH is 1. The SMILES string of the molecule is Cc1nc2c([nH]1)c(=O)n(CCCC[C@H](C)O)c(=O)n2Cc1ccco1. The van der Waals surface area contributed by atoms with E-state index >= 15 is 0 Å². The number of aromatic amines is 1. The lowest BCUT2D eigenvalue weighted by atomic mass is 10.2. The fourth-order valence-corrected chi connectivity index (χ4v) is 2.89. The van der Waals surface area contributed by atoms with Crippen LogP contribution in [0.3, 0.4) is 0 Å². The van der Waals surface area contributed by atoms with Crippen LogP contribution in [0.1, 0.15) is 37.8 Å². The molecule has 0 aliphatic rings. The summed E-state index contributed by atoms with van der Waals surface area (Å²) in [6.07, 6.45) is 3.17. The van der Waals surface area contributed by atoms with E-state index in [1.807, 2.05) is 0 Å². The number of aryl methyl sites for hydroxylation is 1. The number of aliphatic hydroxyl groups is 1. The van der Waals surface area contributed by atoms with Crippen molar-refractivity contribution in [3.63, 3.8) is 0 Å². The van der Waals surface area contributed by atoms with Gasteiger partial charge < -0.3 is 14.5 Å². The molecule has 0 aromatic carbocycles. The first-order valence-corrected chi connectivity index (χ1v) is 8.37. The molecule has 0 radical (unpaired) electrons. The summed E-state index contributed by atoms with van der Waals surface area (Å²) in [5.74, 6) is 1.19. The van der Waals surface area contributed by atoms with Gasteiger partial charge in [-0.3, -0.25) is 13.9 Å². The van der Waals surface area contributed by atoms with Crippen molar-refractivity contribution in [2.45, 2.75) is 52.3 Å². The van der Waals surface area contributed by atoms with Gasteiger partial charge in [0.1, 0.15) is 17.1 Å². The van der Waals surface area contributed by atoms with E-state index in [-0.39, 0.29) is 18.2 Å². The van der Waals surface area contributed by atoms with Gasteiger partial charge in [-0.05, 0) is 45.2 Å². The minimum Gasteiger partial charge on any atom is -0.467 e. The molecule has 0 saturated heterocycles. The van der Waals surface area contributed by atoms with Crippen LogP contribution < -0.4 is 11.2 Å². The van der Waals surface area contributed by atoms with Gasteiger partial charge in [0.2, 0.25) is 0 Å². The first kappa shape index (κ1) is 17.2. The highest BCUT2D eigenvalue weighted by Crippen LogP contribution is 2.09. The Balaban J connectivity index is 2.01. The summed E-state index contributed by atoms with van der Waals surface area (Å²) >= 11 is 0. The summed E-state index contributed by atoms with van der Waals surface area (Å²) in [7, 11) is 0. The Kier molecular flexibility index (Phi) is 4.89. The van der Waals surface area contributed by atoms with E-state index in [1.165, 1.54) is 9.13 Å². The maximum atomic E-state index is 12.8. The quantitative estimate of drug-likeness (QED) is 0.629. The van der Waals surface area contributed by atoms with Crippen molar-refractivity contribution in [1.29, 1.82) is 0 Å². The molecule has 0 aliphatic carbocycles. The molecule has 3 aromatic heterocycles. The van der Waals surface area contributed by atoms with Crippen LogP contribution in [-0.2, 0) is 13.1 Å². The number of fused-ring (bicyclic) bond motifs is 1. The molecule has 1 atom stereocenters. The second kappa shape index (κ2) is 7.10. The van der Waals surface area contributed by atoms with Crippen molar-refractivity contribution in [2.24, 2.45) is 0 Å². The smallest absolute Gasteiger partial charge is 0.333 e. The molecule has 134 valence electrons. The molecule has 25 heavy (non-hydrogen) atoms. The molecule has 0 aliphatic heterocycles. The normalized spacial score (nSPS) is 12.8. The average molecular weight is 346 g/mol. The second-order valence-corrected chi connectivity index (χ2v) is 6.27. The molecule has 3 heterocycles. The van der Waals surface area contributed by atoms with E-state index in [0.29, 0.717) is 42.1 Å². The van der Waals surface area contributed by atoms with Gasteiger partial charge in [-0.25, -0.2) is 9.78 Å². The zero-order chi connectivity index (χ0) is 18.0. The fraction of sp³-hybridized carbons (Fsp3) is 0.471. The standard InChI is InChI=1S/C17H22N4O4/c1-11(22)6-3-4-8-20-16(23)14-15(19-12(2)18-14)21(17(20)24)10-13-7-5-9-25-13/h5,7,9,11,22H,3-4,6,8,10H2,1-2H3,(H,18,19)/t11-/m0/s1. The largest absolute Gasteiger partial charge is 0.467 e. The van der Waals surface area contributed by atoms with Crippen molar-refractivity contribution in [1.82, 2.24) is 19.1 Å². The minimum absolute atomic E-state index is 0.209. The number of aromatic nitrogens is 4. The summed E-state index contributed by atoms with van der Waals surface area (Å²) in [4.78, 5) is 32.7. The topological polar surface area (TPSA) is 106 Å². The molecule has 0 spiro atoms. The maximum absolute atomic E-state index is 12.8. The van der Waals surface area contributed by atoms with Gasteiger partial charge in [-0.2, -0.15) is 0 Å². The van der Waals surface area contributed by atoms with Gasteiger partial charge in [-0.1, -0.05) is 0 Å². The van der Waals surface area contributed by atoms with Gasteiger partial charge in [0.05, 0.1) is 18.9 Å².